The molecule has 0 aliphatic carbocycles. The summed E-state index contributed by atoms with van der Waals surface area (Å²) in [6.45, 7) is 1.85. The Morgan fingerprint density at radius 3 is 2.50 bits per heavy atom. The lowest BCUT2D eigenvalue weighted by molar-refractivity contribution is 0.322. The Hall–Kier alpha value is -0.790. The predicted octanol–water partition coefficient (Wildman–Crippen LogP) is 1.02. The minimum atomic E-state index is 1.31. The summed E-state index contributed by atoms with van der Waals surface area (Å²) in [6.07, 6.45) is 4.72. The number of hydrogen-bond donors (Lipinski definition) is 1. The second kappa shape index (κ2) is 4.21. The summed E-state index contributed by atoms with van der Waals surface area (Å²) >= 11 is 0. The topological polar surface area (TPSA) is 32.6 Å². The summed E-state index contributed by atoms with van der Waals surface area (Å²) in [5.74, 6) is 0. The van der Waals surface area contributed by atoms with Crippen LogP contribution in [0.15, 0.2) is 17.3 Å². The molecule has 34 valence electrons. The fourth-order valence-electron chi connectivity index (χ4n) is 0.125. The third kappa shape index (κ3) is 3.21. The van der Waals surface area contributed by atoms with Crippen LogP contribution in [0.3, 0.4) is 0 Å². The summed E-state index contributed by atoms with van der Waals surface area (Å²) in [7, 11) is 0. The van der Waals surface area contributed by atoms with Crippen LogP contribution in [0.1, 0.15) is 6.92 Å². The quantitative estimate of drug-likeness (QED) is 0.288. The summed E-state index contributed by atoms with van der Waals surface area (Å²) in [5.41, 5.74) is 0. The lowest BCUT2D eigenvalue weighted by Crippen LogP contribution is -1.57. The van der Waals surface area contributed by atoms with Gasteiger partial charge in [-0.3, -0.25) is 0 Å². The lowest BCUT2D eigenvalue weighted by atomic mass is 10.6. The third-order valence-corrected chi connectivity index (χ3v) is 0.345. The molecule has 6 heavy (non-hydrogen) atoms. The second-order valence-corrected chi connectivity index (χ2v) is 0.790. The molecule has 2 nitrogen and oxygen atoms in total. The Labute approximate surface area is 36.8 Å². The van der Waals surface area contributed by atoms with E-state index in [4.69, 9.17) is 5.21 Å². The van der Waals surface area contributed by atoms with E-state index in [1.54, 1.807) is 12.2 Å². The van der Waals surface area contributed by atoms with Crippen molar-refractivity contribution >= 4 is 6.21 Å². The van der Waals surface area contributed by atoms with Crippen molar-refractivity contribution in [3.63, 3.8) is 0 Å². The van der Waals surface area contributed by atoms with E-state index in [0.29, 0.717) is 0 Å². The van der Waals surface area contributed by atoms with Gasteiger partial charge in [-0.2, -0.15) is 0 Å². The van der Waals surface area contributed by atoms with Crippen LogP contribution in [0.4, 0.5) is 0 Å². The molecule has 0 radical (unpaired) electrons. The van der Waals surface area contributed by atoms with Gasteiger partial charge in [0, 0.05) is 0 Å². The molecule has 0 heterocycles. The van der Waals surface area contributed by atoms with Gasteiger partial charge in [0.15, 0.2) is 0 Å². The molecule has 0 spiro atoms. The van der Waals surface area contributed by atoms with Gasteiger partial charge in [0.1, 0.15) is 0 Å². The maximum absolute atomic E-state index is 7.72. The van der Waals surface area contributed by atoms with Crippen LogP contribution in [0.5, 0.6) is 0 Å². The van der Waals surface area contributed by atoms with E-state index in [0.717, 1.165) is 0 Å². The molecule has 0 rings (SSSR count). The molecule has 0 amide bonds. The maximum atomic E-state index is 7.72. The van der Waals surface area contributed by atoms with Crippen LogP contribution in [0, 0.1) is 0 Å². The fraction of sp³-hybridized carbons (Fsp3) is 0.250. The molecule has 0 aromatic rings. The third-order valence-electron chi connectivity index (χ3n) is 0.345. The molecule has 0 aliphatic heterocycles. The minimum absolute atomic E-state index is 1.31. The van der Waals surface area contributed by atoms with E-state index in [2.05, 4.69) is 5.16 Å². The Morgan fingerprint density at radius 1 is 1.67 bits per heavy atom. The zero-order chi connectivity index (χ0) is 4.83. The highest BCUT2D eigenvalue weighted by Gasteiger charge is 1.51. The first-order chi connectivity index (χ1) is 2.91. The van der Waals surface area contributed by atoms with E-state index in [1.165, 1.54) is 6.21 Å². The van der Waals surface area contributed by atoms with E-state index < -0.39 is 0 Å². The molecule has 1 N–H and O–H groups in total. The van der Waals surface area contributed by atoms with E-state index in [9.17, 15) is 0 Å². The molecular weight excluding hydrogens is 78.0 g/mol. The molecule has 0 aliphatic rings. The van der Waals surface area contributed by atoms with Crippen LogP contribution in [-0.4, -0.2) is 11.4 Å². The van der Waals surface area contributed by atoms with Crippen molar-refractivity contribution in [3.05, 3.63) is 12.2 Å². The largest absolute Gasteiger partial charge is 0.411 e. The van der Waals surface area contributed by atoms with Crippen LogP contribution < -0.4 is 0 Å². The first-order valence-corrected chi connectivity index (χ1v) is 1.70. The molecule has 2 heteroatoms. The second-order valence-electron chi connectivity index (χ2n) is 0.790. The van der Waals surface area contributed by atoms with Gasteiger partial charge in [-0.25, -0.2) is 0 Å². The standard InChI is InChI=1S/C4H7NO/c1-2-3-4-5-6/h2-4,6H,1H3/b3-2+,5-4-. The van der Waals surface area contributed by atoms with Crippen molar-refractivity contribution in [3.8, 4) is 0 Å². The fourth-order valence-corrected chi connectivity index (χ4v) is 0.125. The van der Waals surface area contributed by atoms with Gasteiger partial charge >= 0.3 is 0 Å². The SMILES string of the molecule is C/C=C/C=N\O. The molecule has 0 bridgehead atoms. The average Bonchev–Trinajstić information content (AvgIpc) is 1.61. The smallest absolute Gasteiger partial charge is 0.0658 e. The number of nitrogens with zero attached hydrogens (tertiary/aromatic N) is 1. The minimum Gasteiger partial charge on any atom is -0.411 e. The normalized spacial score (nSPS) is 11.5. The summed E-state index contributed by atoms with van der Waals surface area (Å²) in [6, 6.07) is 0. The monoisotopic (exact) mass is 85.1 g/mol. The molecular formula is C4H7NO. The Kier molecular flexibility index (Phi) is 3.66. The van der Waals surface area contributed by atoms with Gasteiger partial charge in [0.25, 0.3) is 0 Å². The number of rotatable bonds is 1. The summed E-state index contributed by atoms with van der Waals surface area (Å²) in [4.78, 5) is 0. The van der Waals surface area contributed by atoms with E-state index in [-0.39, 0.29) is 0 Å². The lowest BCUT2D eigenvalue weighted by Gasteiger charge is -1.62. The van der Waals surface area contributed by atoms with Crippen molar-refractivity contribution in [2.75, 3.05) is 0 Å². The molecule has 0 saturated heterocycles. The zero-order valence-corrected chi connectivity index (χ0v) is 3.63. The Balaban J connectivity index is 3.07. The molecule has 0 aromatic heterocycles. The molecule has 0 fully saturated rings. The summed E-state index contributed by atoms with van der Waals surface area (Å²) in [5, 5.41) is 10.4. The van der Waals surface area contributed by atoms with Crippen molar-refractivity contribution in [2.24, 2.45) is 5.16 Å². The zero-order valence-electron chi connectivity index (χ0n) is 3.63. The molecule has 0 unspecified atom stereocenters. The van der Waals surface area contributed by atoms with Gasteiger partial charge in [-0.05, 0) is 13.0 Å². The van der Waals surface area contributed by atoms with Crippen LogP contribution in [0.2, 0.25) is 0 Å². The van der Waals surface area contributed by atoms with Crippen molar-refractivity contribution in [2.45, 2.75) is 6.92 Å². The van der Waals surface area contributed by atoms with E-state index in [1.807, 2.05) is 6.92 Å². The molecule has 0 aromatic carbocycles. The maximum Gasteiger partial charge on any atom is 0.0658 e. The van der Waals surface area contributed by atoms with Crippen LogP contribution in [-0.2, 0) is 0 Å². The van der Waals surface area contributed by atoms with Crippen molar-refractivity contribution < 1.29 is 5.21 Å². The van der Waals surface area contributed by atoms with Crippen LogP contribution in [0.25, 0.3) is 0 Å². The van der Waals surface area contributed by atoms with Crippen molar-refractivity contribution in [1.29, 1.82) is 0 Å². The number of allylic oxidation sites excluding steroid dienone is 2. The Bertz CT molecular complexity index is 55.9. The highest BCUT2D eigenvalue weighted by molar-refractivity contribution is 5.69. The Morgan fingerprint density at radius 2 is 2.33 bits per heavy atom. The number of hydrogen-bond acceptors (Lipinski definition) is 2. The van der Waals surface area contributed by atoms with Gasteiger partial charge in [-0.15, -0.1) is 0 Å². The molecule has 0 saturated carbocycles. The summed E-state index contributed by atoms with van der Waals surface area (Å²) < 4.78 is 0. The van der Waals surface area contributed by atoms with Gasteiger partial charge in [0.05, 0.1) is 6.21 Å². The highest BCUT2D eigenvalue weighted by atomic mass is 16.4. The average molecular weight is 85.1 g/mol. The van der Waals surface area contributed by atoms with Gasteiger partial charge in [0.2, 0.25) is 0 Å². The highest BCUT2D eigenvalue weighted by Crippen LogP contribution is 1.60. The molecule has 0 atom stereocenters. The first kappa shape index (κ1) is 5.21. The first-order valence-electron chi connectivity index (χ1n) is 1.70. The van der Waals surface area contributed by atoms with Gasteiger partial charge < -0.3 is 5.21 Å². The van der Waals surface area contributed by atoms with Crippen LogP contribution >= 0.6 is 0 Å². The predicted molar refractivity (Wildman–Crippen MR) is 25.1 cm³/mol. The van der Waals surface area contributed by atoms with Crippen molar-refractivity contribution in [1.82, 2.24) is 0 Å². The number of oxime groups is 1. The van der Waals surface area contributed by atoms with E-state index >= 15 is 0 Å². The van der Waals surface area contributed by atoms with Gasteiger partial charge in [-0.1, -0.05) is 11.2 Å².